The lowest BCUT2D eigenvalue weighted by Gasteiger charge is -2.39. The van der Waals surface area contributed by atoms with Crippen molar-refractivity contribution in [3.8, 4) is 102 Å². The van der Waals surface area contributed by atoms with Crippen molar-refractivity contribution in [1.29, 1.82) is 0 Å². The molecule has 318 valence electrons. The Morgan fingerprint density at radius 1 is 0.279 bits per heavy atom. The van der Waals surface area contributed by atoms with E-state index in [2.05, 4.69) is 121 Å². The number of aromatic nitrogens is 6. The highest BCUT2D eigenvalue weighted by molar-refractivity contribution is 5.93. The van der Waals surface area contributed by atoms with Crippen LogP contribution in [0.5, 0.6) is 11.5 Å². The summed E-state index contributed by atoms with van der Waals surface area (Å²) in [6, 6.07) is 75.6. The van der Waals surface area contributed by atoms with Crippen LogP contribution in [0.1, 0.15) is 22.3 Å². The van der Waals surface area contributed by atoms with Crippen LogP contribution in [-0.2, 0) is 5.41 Å². The Balaban J connectivity index is 0.975. The molecule has 0 saturated heterocycles. The Kier molecular flexibility index (Phi) is 9.25. The number of para-hydroxylation sites is 2. The van der Waals surface area contributed by atoms with Crippen molar-refractivity contribution in [3.63, 3.8) is 0 Å². The molecule has 7 nitrogen and oxygen atoms in total. The fraction of sp³-hybridized carbons (Fsp3) is 0.0164. The molecular weight excluding hydrogens is 833 g/mol. The van der Waals surface area contributed by atoms with Crippen LogP contribution < -0.4 is 4.74 Å². The zero-order chi connectivity index (χ0) is 45.0. The first-order chi connectivity index (χ1) is 33.7. The number of ether oxygens (including phenoxy) is 1. The average molecular weight is 871 g/mol. The van der Waals surface area contributed by atoms with Gasteiger partial charge < -0.3 is 4.74 Å². The van der Waals surface area contributed by atoms with Gasteiger partial charge in [-0.2, -0.15) is 0 Å². The SMILES string of the molecule is c1ccc(-c2nc(-c3ccccc3)nc(-c3ccc(-c4ccc5c(c4)-c4cc(-c6cc(-c7ccccn7)nc(-c7ccccn7)c6)ccc4C54c5ccccc5Oc5ccccc54)cc3)n2)cc1. The number of hydrogen-bond acceptors (Lipinski definition) is 7. The molecule has 13 rings (SSSR count). The molecule has 0 unspecified atom stereocenters. The third kappa shape index (κ3) is 6.51. The predicted octanol–water partition coefficient (Wildman–Crippen LogP) is 14.2. The van der Waals surface area contributed by atoms with Crippen molar-refractivity contribution < 1.29 is 4.74 Å². The summed E-state index contributed by atoms with van der Waals surface area (Å²) in [5.74, 6) is 3.59. The first-order valence-electron chi connectivity index (χ1n) is 22.7. The quantitative estimate of drug-likeness (QED) is 0.158. The Morgan fingerprint density at radius 3 is 1.18 bits per heavy atom. The van der Waals surface area contributed by atoms with Gasteiger partial charge in [-0.3, -0.25) is 9.97 Å². The topological polar surface area (TPSA) is 86.6 Å². The molecule has 0 N–H and O–H groups in total. The van der Waals surface area contributed by atoms with Crippen molar-refractivity contribution in [2.75, 3.05) is 0 Å². The van der Waals surface area contributed by atoms with E-state index < -0.39 is 5.41 Å². The number of benzene rings is 7. The van der Waals surface area contributed by atoms with E-state index in [4.69, 9.17) is 34.6 Å². The second-order valence-electron chi connectivity index (χ2n) is 17.0. The first kappa shape index (κ1) is 39.2. The van der Waals surface area contributed by atoms with Crippen molar-refractivity contribution in [3.05, 3.63) is 253 Å². The van der Waals surface area contributed by atoms with Gasteiger partial charge in [0.05, 0.1) is 28.2 Å². The van der Waals surface area contributed by atoms with Crippen molar-refractivity contribution >= 4 is 0 Å². The van der Waals surface area contributed by atoms with Crippen LogP contribution >= 0.6 is 0 Å². The summed E-state index contributed by atoms with van der Waals surface area (Å²) in [5, 5.41) is 0. The van der Waals surface area contributed by atoms with Crippen molar-refractivity contribution in [2.45, 2.75) is 5.41 Å². The standard InChI is InChI=1S/C61H38N6O/c1-3-15-40(16-4-1)58-65-59(41-17-5-2-6-18-41)67-60(66-58)42-27-25-39(26-28-42)43-29-31-48-46(35-43)47-36-44(45-37-54(52-21-11-13-33-62-52)64-55(38-45)53-22-12-14-34-63-53)30-32-49(47)61(48)50-19-7-9-23-56(50)68-57-24-10-8-20-51(57)61/h1-38H. The van der Waals surface area contributed by atoms with Crippen LogP contribution in [0.4, 0.5) is 0 Å². The minimum absolute atomic E-state index is 0.618. The zero-order valence-corrected chi connectivity index (χ0v) is 36.5. The minimum atomic E-state index is -0.626. The Labute approximate surface area is 393 Å². The molecule has 4 aromatic heterocycles. The van der Waals surface area contributed by atoms with E-state index in [0.29, 0.717) is 17.5 Å². The number of nitrogens with zero attached hydrogens (tertiary/aromatic N) is 6. The molecule has 1 aliphatic carbocycles. The summed E-state index contributed by atoms with van der Waals surface area (Å²) in [6.45, 7) is 0. The number of hydrogen-bond donors (Lipinski definition) is 0. The monoisotopic (exact) mass is 870 g/mol. The maximum Gasteiger partial charge on any atom is 0.164 e. The molecule has 7 heteroatoms. The molecule has 1 spiro atoms. The van der Waals surface area contributed by atoms with Gasteiger partial charge in [0.2, 0.25) is 0 Å². The molecule has 0 saturated carbocycles. The summed E-state index contributed by atoms with van der Waals surface area (Å²) in [7, 11) is 0. The maximum absolute atomic E-state index is 6.67. The molecule has 11 aromatic rings. The highest BCUT2D eigenvalue weighted by atomic mass is 16.5. The van der Waals surface area contributed by atoms with Crippen LogP contribution in [0.25, 0.3) is 90.3 Å². The molecular formula is C61H38N6O. The van der Waals surface area contributed by atoms with Gasteiger partial charge in [0.15, 0.2) is 17.5 Å². The molecule has 7 aromatic carbocycles. The van der Waals surface area contributed by atoms with Crippen molar-refractivity contribution in [1.82, 2.24) is 29.9 Å². The molecule has 0 amide bonds. The van der Waals surface area contributed by atoms with Gasteiger partial charge in [0, 0.05) is 40.2 Å². The number of pyridine rings is 3. The fourth-order valence-corrected chi connectivity index (χ4v) is 10.0. The third-order valence-electron chi connectivity index (χ3n) is 13.1. The summed E-state index contributed by atoms with van der Waals surface area (Å²) in [5.41, 5.74) is 16.5. The zero-order valence-electron chi connectivity index (χ0n) is 36.5. The van der Waals surface area contributed by atoms with Crippen LogP contribution in [0.15, 0.2) is 231 Å². The molecule has 1 aliphatic heterocycles. The Morgan fingerprint density at radius 2 is 0.691 bits per heavy atom. The van der Waals surface area contributed by atoms with E-state index in [9.17, 15) is 0 Å². The lowest BCUT2D eigenvalue weighted by Crippen LogP contribution is -2.32. The fourth-order valence-electron chi connectivity index (χ4n) is 10.0. The Bertz CT molecular complexity index is 3530. The van der Waals surface area contributed by atoms with E-state index in [-0.39, 0.29) is 0 Å². The normalized spacial score (nSPS) is 12.6. The second-order valence-corrected chi connectivity index (χ2v) is 17.0. The first-order valence-corrected chi connectivity index (χ1v) is 22.7. The van der Waals surface area contributed by atoms with Gasteiger partial charge >= 0.3 is 0 Å². The number of fused-ring (bicyclic) bond motifs is 9. The molecule has 2 aliphatic rings. The average Bonchev–Trinajstić information content (AvgIpc) is 3.70. The molecule has 0 fully saturated rings. The summed E-state index contributed by atoms with van der Waals surface area (Å²) in [6.07, 6.45) is 3.61. The van der Waals surface area contributed by atoms with Crippen LogP contribution in [0.3, 0.4) is 0 Å². The van der Waals surface area contributed by atoms with Crippen LogP contribution in [-0.4, -0.2) is 29.9 Å². The molecule has 0 radical (unpaired) electrons. The summed E-state index contributed by atoms with van der Waals surface area (Å²) < 4.78 is 6.67. The molecule has 0 atom stereocenters. The minimum Gasteiger partial charge on any atom is -0.457 e. The summed E-state index contributed by atoms with van der Waals surface area (Å²) in [4.78, 5) is 29.4. The number of rotatable bonds is 7. The van der Waals surface area contributed by atoms with E-state index >= 15 is 0 Å². The van der Waals surface area contributed by atoms with E-state index in [1.807, 2.05) is 97.1 Å². The van der Waals surface area contributed by atoms with E-state index in [1.54, 1.807) is 12.4 Å². The van der Waals surface area contributed by atoms with Gasteiger partial charge in [-0.05, 0) is 105 Å². The van der Waals surface area contributed by atoms with Gasteiger partial charge in [-0.25, -0.2) is 19.9 Å². The second kappa shape index (κ2) is 16.0. The maximum atomic E-state index is 6.67. The highest BCUT2D eigenvalue weighted by Gasteiger charge is 2.51. The smallest absolute Gasteiger partial charge is 0.164 e. The lowest BCUT2D eigenvalue weighted by atomic mass is 9.66. The van der Waals surface area contributed by atoms with Crippen LogP contribution in [0.2, 0.25) is 0 Å². The van der Waals surface area contributed by atoms with Gasteiger partial charge in [0.1, 0.15) is 11.5 Å². The highest BCUT2D eigenvalue weighted by Crippen LogP contribution is 2.62. The van der Waals surface area contributed by atoms with Crippen molar-refractivity contribution in [2.24, 2.45) is 0 Å². The van der Waals surface area contributed by atoms with Crippen LogP contribution in [0, 0.1) is 0 Å². The molecule has 5 heterocycles. The van der Waals surface area contributed by atoms with Gasteiger partial charge in [0.25, 0.3) is 0 Å². The third-order valence-corrected chi connectivity index (χ3v) is 13.1. The Hall–Kier alpha value is -9.20. The largest absolute Gasteiger partial charge is 0.457 e. The molecule has 0 bridgehead atoms. The van der Waals surface area contributed by atoms with Gasteiger partial charge in [-0.1, -0.05) is 158 Å². The van der Waals surface area contributed by atoms with E-state index in [1.165, 1.54) is 11.1 Å². The van der Waals surface area contributed by atoms with E-state index in [0.717, 1.165) is 95.5 Å². The predicted molar refractivity (Wildman–Crippen MR) is 269 cm³/mol. The summed E-state index contributed by atoms with van der Waals surface area (Å²) >= 11 is 0. The van der Waals surface area contributed by atoms with Gasteiger partial charge in [-0.15, -0.1) is 0 Å². The lowest BCUT2D eigenvalue weighted by molar-refractivity contribution is 0.436. The molecule has 68 heavy (non-hydrogen) atoms.